The van der Waals surface area contributed by atoms with Crippen molar-refractivity contribution in [1.82, 2.24) is 4.90 Å². The minimum atomic E-state index is -0.238. The number of nitrogens with two attached hydrogens (primary N) is 1. The molecule has 2 atom stereocenters. The zero-order valence-corrected chi connectivity index (χ0v) is 11.1. The number of carbonyl (C=O) groups excluding carboxylic acids is 1. The molecule has 1 heterocycles. The van der Waals surface area contributed by atoms with Gasteiger partial charge in [-0.3, -0.25) is 4.79 Å². The molecule has 3 nitrogen and oxygen atoms in total. The van der Waals surface area contributed by atoms with Crippen LogP contribution in [0.4, 0.5) is 0 Å². The Kier molecular flexibility index (Phi) is 4.36. The molecule has 1 amide bonds. The molecule has 2 N–H and O–H groups in total. The van der Waals surface area contributed by atoms with Gasteiger partial charge in [-0.2, -0.15) is 0 Å². The van der Waals surface area contributed by atoms with Gasteiger partial charge in [0.25, 0.3) is 0 Å². The summed E-state index contributed by atoms with van der Waals surface area (Å²) >= 11 is 0. The van der Waals surface area contributed by atoms with Crippen molar-refractivity contribution < 1.29 is 4.79 Å². The Bertz CT molecular complexity index is 235. The van der Waals surface area contributed by atoms with Gasteiger partial charge in [-0.15, -0.1) is 0 Å². The lowest BCUT2D eigenvalue weighted by atomic mass is 9.95. The number of likely N-dealkylation sites (tertiary alicyclic amines) is 1. The van der Waals surface area contributed by atoms with Crippen LogP contribution in [-0.4, -0.2) is 28.4 Å². The van der Waals surface area contributed by atoms with Crippen molar-refractivity contribution in [3.63, 3.8) is 0 Å². The molecule has 1 aliphatic rings. The second-order valence-electron chi connectivity index (χ2n) is 5.92. The average Bonchev–Trinajstić information content (AvgIpc) is 2.13. The number of carbonyl (C=O) groups is 1. The van der Waals surface area contributed by atoms with Gasteiger partial charge >= 0.3 is 0 Å². The van der Waals surface area contributed by atoms with Crippen LogP contribution in [0, 0.1) is 0 Å². The zero-order valence-electron chi connectivity index (χ0n) is 11.1. The maximum absolute atomic E-state index is 12.1. The van der Waals surface area contributed by atoms with Crippen LogP contribution in [0.5, 0.6) is 0 Å². The van der Waals surface area contributed by atoms with Gasteiger partial charge in [0.05, 0.1) is 0 Å². The van der Waals surface area contributed by atoms with Crippen molar-refractivity contribution in [1.29, 1.82) is 0 Å². The highest BCUT2D eigenvalue weighted by molar-refractivity contribution is 5.77. The molecule has 2 unspecified atom stereocenters. The smallest absolute Gasteiger partial charge is 0.223 e. The fraction of sp³-hybridized carbons (Fsp3) is 0.923. The summed E-state index contributed by atoms with van der Waals surface area (Å²) in [7, 11) is 0. The van der Waals surface area contributed by atoms with E-state index in [-0.39, 0.29) is 11.4 Å². The topological polar surface area (TPSA) is 46.3 Å². The Labute approximate surface area is 99.4 Å². The van der Waals surface area contributed by atoms with Crippen LogP contribution in [-0.2, 0) is 4.79 Å². The Balaban J connectivity index is 2.51. The summed E-state index contributed by atoms with van der Waals surface area (Å²) in [5.74, 6) is 0.276. The van der Waals surface area contributed by atoms with E-state index in [9.17, 15) is 4.79 Å². The third-order valence-electron chi connectivity index (χ3n) is 3.46. The fourth-order valence-corrected chi connectivity index (χ4v) is 2.47. The summed E-state index contributed by atoms with van der Waals surface area (Å²) in [5.41, 5.74) is 5.67. The average molecular weight is 226 g/mol. The Hall–Kier alpha value is -0.570. The summed E-state index contributed by atoms with van der Waals surface area (Å²) in [5, 5.41) is 0. The summed E-state index contributed by atoms with van der Waals surface area (Å²) in [6.45, 7) is 8.26. The van der Waals surface area contributed by atoms with E-state index in [4.69, 9.17) is 5.73 Å². The maximum atomic E-state index is 12.1. The van der Waals surface area contributed by atoms with E-state index in [2.05, 4.69) is 18.7 Å². The first-order valence-corrected chi connectivity index (χ1v) is 6.41. The molecular weight excluding hydrogens is 200 g/mol. The molecule has 1 fully saturated rings. The molecule has 1 aliphatic heterocycles. The SMILES string of the molecule is CC1CCCC(C)N1C(=O)CCC(C)(C)N. The number of hydrogen-bond acceptors (Lipinski definition) is 2. The van der Waals surface area contributed by atoms with Gasteiger partial charge in [-0.05, 0) is 53.4 Å². The molecule has 1 saturated heterocycles. The minimum Gasteiger partial charge on any atom is -0.337 e. The monoisotopic (exact) mass is 226 g/mol. The van der Waals surface area contributed by atoms with Gasteiger partial charge in [0.2, 0.25) is 5.91 Å². The van der Waals surface area contributed by atoms with E-state index in [1.807, 2.05) is 13.8 Å². The highest BCUT2D eigenvalue weighted by Crippen LogP contribution is 2.24. The van der Waals surface area contributed by atoms with Gasteiger partial charge < -0.3 is 10.6 Å². The standard InChI is InChI=1S/C13H26N2O/c1-10-6-5-7-11(2)15(10)12(16)8-9-13(3,4)14/h10-11H,5-9,14H2,1-4H3. The second kappa shape index (κ2) is 5.17. The van der Waals surface area contributed by atoms with E-state index >= 15 is 0 Å². The lowest BCUT2D eigenvalue weighted by molar-refractivity contribution is -0.137. The molecule has 0 spiro atoms. The van der Waals surface area contributed by atoms with Gasteiger partial charge in [0.1, 0.15) is 0 Å². The van der Waals surface area contributed by atoms with E-state index in [0.717, 1.165) is 19.3 Å². The van der Waals surface area contributed by atoms with Crippen molar-refractivity contribution in [2.45, 2.75) is 77.4 Å². The highest BCUT2D eigenvalue weighted by atomic mass is 16.2. The molecule has 3 heteroatoms. The maximum Gasteiger partial charge on any atom is 0.223 e. The first-order chi connectivity index (χ1) is 7.31. The van der Waals surface area contributed by atoms with Gasteiger partial charge in [-0.1, -0.05) is 0 Å². The van der Waals surface area contributed by atoms with Crippen LogP contribution in [0.25, 0.3) is 0 Å². The number of piperidine rings is 1. The van der Waals surface area contributed by atoms with E-state index in [1.165, 1.54) is 6.42 Å². The highest BCUT2D eigenvalue weighted by Gasteiger charge is 2.29. The predicted octanol–water partition coefficient (Wildman–Crippen LogP) is 2.29. The van der Waals surface area contributed by atoms with Crippen LogP contribution < -0.4 is 5.73 Å². The second-order valence-corrected chi connectivity index (χ2v) is 5.92. The molecule has 16 heavy (non-hydrogen) atoms. The third-order valence-corrected chi connectivity index (χ3v) is 3.46. The first-order valence-electron chi connectivity index (χ1n) is 6.41. The summed E-state index contributed by atoms with van der Waals surface area (Å²) in [6, 6.07) is 0.800. The molecule has 0 bridgehead atoms. The van der Waals surface area contributed by atoms with Crippen LogP contribution >= 0.6 is 0 Å². The summed E-state index contributed by atoms with van der Waals surface area (Å²) in [4.78, 5) is 14.2. The molecular formula is C13H26N2O. The van der Waals surface area contributed by atoms with Crippen molar-refractivity contribution in [2.75, 3.05) is 0 Å². The van der Waals surface area contributed by atoms with E-state index in [1.54, 1.807) is 0 Å². The van der Waals surface area contributed by atoms with Gasteiger partial charge in [0.15, 0.2) is 0 Å². The van der Waals surface area contributed by atoms with Crippen molar-refractivity contribution in [3.05, 3.63) is 0 Å². The lowest BCUT2D eigenvalue weighted by Gasteiger charge is -2.39. The quantitative estimate of drug-likeness (QED) is 0.802. The van der Waals surface area contributed by atoms with Crippen molar-refractivity contribution >= 4 is 5.91 Å². The van der Waals surface area contributed by atoms with E-state index in [0.29, 0.717) is 18.5 Å². The van der Waals surface area contributed by atoms with Crippen molar-refractivity contribution in [2.24, 2.45) is 5.73 Å². The normalized spacial score (nSPS) is 26.9. The minimum absolute atomic E-state index is 0.238. The third kappa shape index (κ3) is 3.78. The lowest BCUT2D eigenvalue weighted by Crippen LogP contribution is -2.48. The number of amides is 1. The molecule has 0 radical (unpaired) electrons. The molecule has 0 aromatic rings. The summed E-state index contributed by atoms with van der Waals surface area (Å²) in [6.07, 6.45) is 4.87. The molecule has 0 aromatic heterocycles. The molecule has 0 saturated carbocycles. The largest absolute Gasteiger partial charge is 0.337 e. The van der Waals surface area contributed by atoms with Crippen molar-refractivity contribution in [3.8, 4) is 0 Å². The molecule has 0 aliphatic carbocycles. The Morgan fingerprint density at radius 1 is 1.31 bits per heavy atom. The van der Waals surface area contributed by atoms with Crippen LogP contribution in [0.3, 0.4) is 0 Å². The van der Waals surface area contributed by atoms with Gasteiger partial charge in [0, 0.05) is 24.0 Å². The number of nitrogens with zero attached hydrogens (tertiary/aromatic N) is 1. The van der Waals surface area contributed by atoms with Crippen LogP contribution in [0.1, 0.15) is 59.8 Å². The Morgan fingerprint density at radius 2 is 1.81 bits per heavy atom. The van der Waals surface area contributed by atoms with Gasteiger partial charge in [-0.25, -0.2) is 0 Å². The van der Waals surface area contributed by atoms with E-state index < -0.39 is 0 Å². The molecule has 94 valence electrons. The van der Waals surface area contributed by atoms with Crippen LogP contribution in [0.2, 0.25) is 0 Å². The summed E-state index contributed by atoms with van der Waals surface area (Å²) < 4.78 is 0. The predicted molar refractivity (Wildman–Crippen MR) is 67.1 cm³/mol. The molecule has 0 aromatic carbocycles. The fourth-order valence-electron chi connectivity index (χ4n) is 2.47. The molecule has 1 rings (SSSR count). The first kappa shape index (κ1) is 13.5. The number of rotatable bonds is 3. The Morgan fingerprint density at radius 3 is 2.25 bits per heavy atom. The number of hydrogen-bond donors (Lipinski definition) is 1. The van der Waals surface area contributed by atoms with Crippen LogP contribution in [0.15, 0.2) is 0 Å². The zero-order chi connectivity index (χ0) is 12.3.